The van der Waals surface area contributed by atoms with Gasteiger partial charge in [0.15, 0.2) is 0 Å². The van der Waals surface area contributed by atoms with Gasteiger partial charge in [-0.05, 0) is 55.6 Å². The van der Waals surface area contributed by atoms with Crippen molar-refractivity contribution in [3.8, 4) is 0 Å². The molecule has 0 saturated carbocycles. The molecule has 1 amide bonds. The monoisotopic (exact) mass is 331 g/mol. The third-order valence-corrected chi connectivity index (χ3v) is 5.53. The van der Waals surface area contributed by atoms with Crippen molar-refractivity contribution in [1.82, 2.24) is 14.7 Å². The highest BCUT2D eigenvalue weighted by Gasteiger charge is 2.32. The topological polar surface area (TPSA) is 44.8 Å². The van der Waals surface area contributed by atoms with E-state index in [0.717, 1.165) is 29.3 Å². The van der Waals surface area contributed by atoms with Gasteiger partial charge in [0, 0.05) is 47.7 Å². The van der Waals surface area contributed by atoms with Crippen molar-refractivity contribution < 1.29 is 9.63 Å². The minimum absolute atomic E-state index is 0.0337. The third-order valence-electron chi connectivity index (χ3n) is 4.64. The average Bonchev–Trinajstić information content (AvgIpc) is 3.18. The average molecular weight is 331 g/mol. The molecule has 0 spiro atoms. The van der Waals surface area contributed by atoms with Crippen molar-refractivity contribution >= 4 is 17.9 Å². The molecule has 4 rings (SSSR count). The van der Waals surface area contributed by atoms with Crippen LogP contribution >= 0.6 is 11.9 Å². The lowest BCUT2D eigenvalue weighted by molar-refractivity contribution is -0.000393. The van der Waals surface area contributed by atoms with Crippen LogP contribution in [0.25, 0.3) is 0 Å². The van der Waals surface area contributed by atoms with E-state index >= 15 is 0 Å². The Kier molecular flexibility index (Phi) is 4.29. The van der Waals surface area contributed by atoms with E-state index in [1.54, 1.807) is 4.47 Å². The molecule has 1 N–H and O–H groups in total. The van der Waals surface area contributed by atoms with Gasteiger partial charge in [-0.2, -0.15) is 4.47 Å². The molecule has 3 aliphatic heterocycles. The fourth-order valence-corrected chi connectivity index (χ4v) is 4.28. The van der Waals surface area contributed by atoms with Crippen molar-refractivity contribution in [1.29, 1.82) is 0 Å². The molecule has 6 heteroatoms. The number of rotatable bonds is 4. The van der Waals surface area contributed by atoms with Crippen molar-refractivity contribution in [3.63, 3.8) is 0 Å². The molecule has 3 heterocycles. The van der Waals surface area contributed by atoms with E-state index in [-0.39, 0.29) is 5.91 Å². The molecular formula is C17H21N3O2S. The van der Waals surface area contributed by atoms with Crippen LogP contribution in [0.3, 0.4) is 0 Å². The lowest BCUT2D eigenvalue weighted by Crippen LogP contribution is -2.47. The van der Waals surface area contributed by atoms with Gasteiger partial charge in [-0.3, -0.25) is 9.63 Å². The first-order chi connectivity index (χ1) is 11.3. The van der Waals surface area contributed by atoms with Crippen molar-refractivity contribution in [2.75, 3.05) is 26.2 Å². The zero-order valence-corrected chi connectivity index (χ0v) is 13.8. The molecule has 1 aromatic rings. The number of piperidine rings is 1. The van der Waals surface area contributed by atoms with E-state index in [4.69, 9.17) is 4.84 Å². The lowest BCUT2D eigenvalue weighted by Gasteiger charge is -2.30. The van der Waals surface area contributed by atoms with E-state index in [9.17, 15) is 4.79 Å². The minimum atomic E-state index is 0.0337. The summed E-state index contributed by atoms with van der Waals surface area (Å²) in [5.74, 6) is 0.799. The fraction of sp³-hybridized carbons (Fsp3) is 0.471. The molecular weight excluding hydrogens is 310 g/mol. The summed E-state index contributed by atoms with van der Waals surface area (Å²) in [4.78, 5) is 21.3. The Morgan fingerprint density at radius 3 is 2.87 bits per heavy atom. The number of hydrogen-bond donors (Lipinski definition) is 1. The smallest absolute Gasteiger partial charge is 0.251 e. The molecule has 2 bridgehead atoms. The molecule has 1 aromatic carbocycles. The van der Waals surface area contributed by atoms with Gasteiger partial charge in [-0.15, -0.1) is 0 Å². The van der Waals surface area contributed by atoms with E-state index in [0.29, 0.717) is 12.6 Å². The number of nitrogens with one attached hydrogen (secondary N) is 1. The predicted molar refractivity (Wildman–Crippen MR) is 89.6 cm³/mol. The van der Waals surface area contributed by atoms with Gasteiger partial charge < -0.3 is 10.2 Å². The van der Waals surface area contributed by atoms with Gasteiger partial charge in [0.1, 0.15) is 0 Å². The molecule has 3 aliphatic rings. The Morgan fingerprint density at radius 1 is 1.26 bits per heavy atom. The Labute approximate surface area is 140 Å². The second-order valence-corrected chi connectivity index (χ2v) is 7.42. The molecule has 0 radical (unpaired) electrons. The van der Waals surface area contributed by atoms with Crippen molar-refractivity contribution in [2.45, 2.75) is 23.8 Å². The second-order valence-electron chi connectivity index (χ2n) is 6.40. The summed E-state index contributed by atoms with van der Waals surface area (Å²) in [7, 11) is 0. The standard InChI is InChI=1S/C17H21N3O2S/c21-17(18-15-10-13-6-8-19(11-13)12-15)14-2-4-16(5-3-14)23-20-7-1-9-22-20/h1-5,7,13,15H,6,8-12H2,(H,18,21)/t13-,15-/m1/s1. The zero-order valence-electron chi connectivity index (χ0n) is 13.0. The summed E-state index contributed by atoms with van der Waals surface area (Å²) in [5.41, 5.74) is 0.722. The molecule has 0 aromatic heterocycles. The van der Waals surface area contributed by atoms with Gasteiger partial charge in [0.25, 0.3) is 5.91 Å². The van der Waals surface area contributed by atoms with E-state index < -0.39 is 0 Å². The molecule has 5 nitrogen and oxygen atoms in total. The first-order valence-electron chi connectivity index (χ1n) is 8.16. The van der Waals surface area contributed by atoms with Gasteiger partial charge in [-0.25, -0.2) is 0 Å². The van der Waals surface area contributed by atoms with Crippen LogP contribution in [-0.2, 0) is 4.84 Å². The summed E-state index contributed by atoms with van der Waals surface area (Å²) in [5, 5.41) is 3.19. The quantitative estimate of drug-likeness (QED) is 0.858. The normalized spacial score (nSPS) is 29.0. The Hall–Kier alpha value is -1.50. The van der Waals surface area contributed by atoms with E-state index in [2.05, 4.69) is 10.2 Å². The number of nitrogens with zero attached hydrogens (tertiary/aromatic N) is 2. The largest absolute Gasteiger partial charge is 0.348 e. The highest BCUT2D eigenvalue weighted by Crippen LogP contribution is 2.27. The molecule has 0 aliphatic carbocycles. The molecule has 1 unspecified atom stereocenters. The Balaban J connectivity index is 1.34. The summed E-state index contributed by atoms with van der Waals surface area (Å²) in [6.45, 7) is 4.02. The van der Waals surface area contributed by atoms with Crippen LogP contribution < -0.4 is 5.32 Å². The highest BCUT2D eigenvalue weighted by molar-refractivity contribution is 7.97. The van der Waals surface area contributed by atoms with Crippen LogP contribution in [-0.4, -0.2) is 47.6 Å². The number of fused-ring (bicyclic) bond motifs is 2. The summed E-state index contributed by atoms with van der Waals surface area (Å²) < 4.78 is 1.72. The number of carbonyl (C=O) groups excluding carboxylic acids is 1. The summed E-state index contributed by atoms with van der Waals surface area (Å²) >= 11 is 1.50. The Morgan fingerprint density at radius 2 is 2.13 bits per heavy atom. The van der Waals surface area contributed by atoms with Gasteiger partial charge >= 0.3 is 0 Å². The van der Waals surface area contributed by atoms with Crippen LogP contribution in [0.5, 0.6) is 0 Å². The molecule has 2 saturated heterocycles. The number of benzene rings is 1. The van der Waals surface area contributed by atoms with Crippen molar-refractivity contribution in [2.24, 2.45) is 5.92 Å². The molecule has 122 valence electrons. The van der Waals surface area contributed by atoms with Crippen LogP contribution in [0.4, 0.5) is 0 Å². The highest BCUT2D eigenvalue weighted by atomic mass is 32.2. The van der Waals surface area contributed by atoms with Crippen LogP contribution in [0.2, 0.25) is 0 Å². The fourth-order valence-electron chi connectivity index (χ4n) is 3.55. The first kappa shape index (κ1) is 15.1. The number of hydroxylamine groups is 1. The van der Waals surface area contributed by atoms with E-state index in [1.807, 2.05) is 36.5 Å². The van der Waals surface area contributed by atoms with Gasteiger partial charge in [0.05, 0.1) is 6.61 Å². The van der Waals surface area contributed by atoms with Gasteiger partial charge in [-0.1, -0.05) is 0 Å². The number of amides is 1. The second kappa shape index (κ2) is 6.55. The zero-order chi connectivity index (χ0) is 15.6. The maximum Gasteiger partial charge on any atom is 0.251 e. The summed E-state index contributed by atoms with van der Waals surface area (Å²) in [6, 6.07) is 7.98. The molecule has 3 atom stereocenters. The predicted octanol–water partition coefficient (Wildman–Crippen LogP) is 2.28. The van der Waals surface area contributed by atoms with Crippen LogP contribution in [0.1, 0.15) is 23.2 Å². The lowest BCUT2D eigenvalue weighted by atomic mass is 9.96. The van der Waals surface area contributed by atoms with E-state index in [1.165, 1.54) is 31.5 Å². The number of carbonyl (C=O) groups is 1. The molecule has 23 heavy (non-hydrogen) atoms. The summed E-state index contributed by atoms with van der Waals surface area (Å²) in [6.07, 6.45) is 6.26. The third kappa shape index (κ3) is 3.54. The Bertz CT molecular complexity index is 592. The maximum atomic E-state index is 12.4. The van der Waals surface area contributed by atoms with Crippen LogP contribution in [0, 0.1) is 5.92 Å². The first-order valence-corrected chi connectivity index (χ1v) is 8.94. The number of hydrogen-bond acceptors (Lipinski definition) is 5. The van der Waals surface area contributed by atoms with Crippen LogP contribution in [0.15, 0.2) is 41.4 Å². The SMILES string of the molecule is O=C(N[C@@H]1C[C@H]2CCN(C2)C1)c1ccc(SN2C=CCO2)cc1. The molecule has 2 fully saturated rings. The van der Waals surface area contributed by atoms with Gasteiger partial charge in [0.2, 0.25) is 0 Å². The van der Waals surface area contributed by atoms with Crippen molar-refractivity contribution in [3.05, 3.63) is 42.1 Å². The maximum absolute atomic E-state index is 12.4. The minimum Gasteiger partial charge on any atom is -0.348 e.